The number of likely N-dealkylation sites (tertiary alicyclic amines) is 1. The Kier molecular flexibility index (Phi) is 4.90. The first kappa shape index (κ1) is 22.4. The number of piperidine rings is 1. The predicted octanol–water partition coefficient (Wildman–Crippen LogP) is 2.69. The van der Waals surface area contributed by atoms with Crippen molar-refractivity contribution >= 4 is 5.91 Å². The predicted molar refractivity (Wildman–Crippen MR) is 133 cm³/mol. The molecule has 5 aliphatic rings. The fourth-order valence-electron chi connectivity index (χ4n) is 7.82. The molecule has 3 N–H and O–H groups in total. The summed E-state index contributed by atoms with van der Waals surface area (Å²) >= 11 is 0. The van der Waals surface area contributed by atoms with Gasteiger partial charge in [-0.3, -0.25) is 9.69 Å². The third kappa shape index (κ3) is 3.08. The summed E-state index contributed by atoms with van der Waals surface area (Å²) in [5.41, 5.74) is 1.53. The number of aliphatic hydroxyl groups is 1. The topological polar surface area (TPSA) is 91.3 Å². The first-order chi connectivity index (χ1) is 17.4. The van der Waals surface area contributed by atoms with Crippen LogP contribution >= 0.6 is 0 Å². The number of carbonyl (C=O) groups excluding carboxylic acids is 1. The van der Waals surface area contributed by atoms with Gasteiger partial charge >= 0.3 is 0 Å². The molecule has 3 aliphatic carbocycles. The largest absolute Gasteiger partial charge is 0.504 e. The van der Waals surface area contributed by atoms with Gasteiger partial charge in [-0.15, -0.1) is 0 Å². The van der Waals surface area contributed by atoms with E-state index >= 15 is 0 Å². The molecule has 5 atom stereocenters. The highest BCUT2D eigenvalue weighted by atomic mass is 16.5. The van der Waals surface area contributed by atoms with Crippen molar-refractivity contribution in [2.45, 2.75) is 74.1 Å². The zero-order chi connectivity index (χ0) is 24.7. The van der Waals surface area contributed by atoms with E-state index in [1.807, 2.05) is 30.3 Å². The molecule has 190 valence electrons. The lowest BCUT2D eigenvalue weighted by Gasteiger charge is -2.64. The van der Waals surface area contributed by atoms with Gasteiger partial charge in [-0.2, -0.15) is 0 Å². The molecule has 1 amide bonds. The molecular formula is C29H34N2O5. The number of amides is 1. The summed E-state index contributed by atoms with van der Waals surface area (Å²) in [6, 6.07) is 11.1. The van der Waals surface area contributed by atoms with Crippen molar-refractivity contribution in [2.75, 3.05) is 20.2 Å². The number of carbonyl (C=O) groups is 1. The number of benzene rings is 2. The van der Waals surface area contributed by atoms with Crippen LogP contribution in [-0.4, -0.2) is 65.0 Å². The fourth-order valence-corrected chi connectivity index (χ4v) is 7.82. The third-order valence-electron chi connectivity index (χ3n) is 9.63. The molecule has 7 heteroatoms. The molecule has 2 heterocycles. The number of nitrogens with one attached hydrogen (secondary N) is 1. The van der Waals surface area contributed by atoms with E-state index in [0.29, 0.717) is 18.6 Å². The summed E-state index contributed by atoms with van der Waals surface area (Å²) in [5.74, 6) is 2.10. The zero-order valence-electron chi connectivity index (χ0n) is 20.7. The van der Waals surface area contributed by atoms with E-state index < -0.39 is 17.1 Å². The average Bonchev–Trinajstić information content (AvgIpc) is 3.61. The number of phenolic OH excluding ortho intramolecular Hbond substituents is 1. The van der Waals surface area contributed by atoms with Crippen LogP contribution in [0.1, 0.15) is 48.8 Å². The number of nitrogens with zero attached hydrogens (tertiary/aromatic N) is 1. The quantitative estimate of drug-likeness (QED) is 0.577. The molecule has 2 aliphatic heterocycles. The molecule has 1 spiro atoms. The molecule has 2 saturated carbocycles. The lowest BCUT2D eigenvalue weighted by molar-refractivity contribution is -0.192. The summed E-state index contributed by atoms with van der Waals surface area (Å²) < 4.78 is 11.8. The summed E-state index contributed by atoms with van der Waals surface area (Å²) in [4.78, 5) is 15.7. The molecule has 3 fully saturated rings. The number of hydrogen-bond acceptors (Lipinski definition) is 6. The van der Waals surface area contributed by atoms with Crippen molar-refractivity contribution in [2.24, 2.45) is 5.92 Å². The number of aromatic hydroxyl groups is 1. The number of methoxy groups -OCH3 is 1. The van der Waals surface area contributed by atoms with Crippen molar-refractivity contribution in [3.63, 3.8) is 0 Å². The van der Waals surface area contributed by atoms with E-state index in [1.165, 1.54) is 18.4 Å². The Bertz CT molecular complexity index is 1210. The van der Waals surface area contributed by atoms with Gasteiger partial charge in [0.05, 0.1) is 30.6 Å². The maximum atomic E-state index is 13.1. The summed E-state index contributed by atoms with van der Waals surface area (Å²) in [5, 5.41) is 26.5. The van der Waals surface area contributed by atoms with Crippen LogP contribution in [0, 0.1) is 5.92 Å². The van der Waals surface area contributed by atoms with Gasteiger partial charge in [-0.05, 0) is 80.3 Å². The van der Waals surface area contributed by atoms with Crippen LogP contribution in [-0.2, 0) is 23.1 Å². The molecule has 0 aromatic heterocycles. The standard InChI is InChI=1S/C29H34N2O5/c1-35-20-7-4-17(5-8-20)14-24(33)30-21-10-11-29(34)23-15-19-6-9-22(32)26-25(19)28(29,27(21)36-26)12-13-31(23)16-18-2-3-18/h4-9,18,21,23,27,32,34H,2-3,10-16H2,1H3,(H,30,33)/t21-,23-,27+,28+,29-/m1/s1. The molecule has 1 saturated heterocycles. The SMILES string of the molecule is COc1ccc(CC(=O)N[C@@H]2CC[C@@]3(O)[C@H]4Cc5ccc(O)c6c5[C@@]3(CCN4CC3CC3)[C@H]2O6)cc1. The fraction of sp³-hybridized carbons (Fsp3) is 0.552. The van der Waals surface area contributed by atoms with Crippen LogP contribution in [0.4, 0.5) is 0 Å². The van der Waals surface area contributed by atoms with Crippen LogP contribution in [0.2, 0.25) is 0 Å². The molecule has 2 bridgehead atoms. The summed E-state index contributed by atoms with van der Waals surface area (Å²) in [6.45, 7) is 1.96. The Morgan fingerprint density at radius 2 is 1.97 bits per heavy atom. The minimum absolute atomic E-state index is 0.0388. The Hall–Kier alpha value is -2.77. The van der Waals surface area contributed by atoms with E-state index in [1.54, 1.807) is 13.2 Å². The minimum Gasteiger partial charge on any atom is -0.504 e. The van der Waals surface area contributed by atoms with E-state index in [-0.39, 0.29) is 30.2 Å². The number of rotatable bonds is 6. The van der Waals surface area contributed by atoms with Gasteiger partial charge in [0.1, 0.15) is 11.9 Å². The average molecular weight is 491 g/mol. The van der Waals surface area contributed by atoms with E-state index in [9.17, 15) is 15.0 Å². The first-order valence-electron chi connectivity index (χ1n) is 13.3. The Morgan fingerprint density at radius 1 is 1.17 bits per heavy atom. The van der Waals surface area contributed by atoms with Crippen LogP contribution < -0.4 is 14.8 Å². The van der Waals surface area contributed by atoms with Crippen molar-refractivity contribution in [1.82, 2.24) is 10.2 Å². The van der Waals surface area contributed by atoms with Crippen molar-refractivity contribution in [3.8, 4) is 17.2 Å². The van der Waals surface area contributed by atoms with Gasteiger partial charge in [0.2, 0.25) is 5.91 Å². The molecule has 2 aromatic carbocycles. The molecular weight excluding hydrogens is 456 g/mol. The van der Waals surface area contributed by atoms with Crippen LogP contribution in [0.3, 0.4) is 0 Å². The van der Waals surface area contributed by atoms with Crippen molar-refractivity contribution in [3.05, 3.63) is 53.1 Å². The van der Waals surface area contributed by atoms with Crippen LogP contribution in [0.15, 0.2) is 36.4 Å². The molecule has 7 rings (SSSR count). The molecule has 0 radical (unpaired) electrons. The van der Waals surface area contributed by atoms with Crippen molar-refractivity contribution < 1.29 is 24.5 Å². The number of phenols is 1. The molecule has 0 unspecified atom stereocenters. The Labute approximate surface area is 211 Å². The third-order valence-corrected chi connectivity index (χ3v) is 9.63. The highest BCUT2D eigenvalue weighted by Gasteiger charge is 2.73. The zero-order valence-corrected chi connectivity index (χ0v) is 20.7. The smallest absolute Gasteiger partial charge is 0.224 e. The molecule has 2 aromatic rings. The monoisotopic (exact) mass is 490 g/mol. The summed E-state index contributed by atoms with van der Waals surface area (Å²) in [7, 11) is 1.63. The van der Waals surface area contributed by atoms with Gasteiger partial charge in [0, 0.05) is 18.2 Å². The lowest BCUT2D eigenvalue weighted by atomic mass is 9.48. The maximum Gasteiger partial charge on any atom is 0.224 e. The maximum absolute atomic E-state index is 13.1. The minimum atomic E-state index is -0.936. The lowest BCUT2D eigenvalue weighted by Crippen LogP contribution is -2.78. The second kappa shape index (κ2) is 7.86. The van der Waals surface area contributed by atoms with Gasteiger partial charge in [0.25, 0.3) is 0 Å². The number of hydrogen-bond donors (Lipinski definition) is 3. The molecule has 7 nitrogen and oxygen atoms in total. The summed E-state index contributed by atoms with van der Waals surface area (Å²) in [6.07, 6.45) is 5.25. The first-order valence-corrected chi connectivity index (χ1v) is 13.3. The second-order valence-electron chi connectivity index (χ2n) is 11.5. The second-order valence-corrected chi connectivity index (χ2v) is 11.5. The van der Waals surface area contributed by atoms with Gasteiger partial charge in [-0.25, -0.2) is 0 Å². The molecule has 36 heavy (non-hydrogen) atoms. The van der Waals surface area contributed by atoms with E-state index in [2.05, 4.69) is 10.2 Å². The van der Waals surface area contributed by atoms with Crippen molar-refractivity contribution in [1.29, 1.82) is 0 Å². The normalized spacial score (nSPS) is 34.0. The van der Waals surface area contributed by atoms with Gasteiger partial charge in [-0.1, -0.05) is 18.2 Å². The van der Waals surface area contributed by atoms with Crippen LogP contribution in [0.25, 0.3) is 0 Å². The number of ether oxygens (including phenoxy) is 2. The van der Waals surface area contributed by atoms with Gasteiger partial charge in [0.15, 0.2) is 11.5 Å². The van der Waals surface area contributed by atoms with Gasteiger partial charge < -0.3 is 25.0 Å². The Morgan fingerprint density at radius 3 is 2.72 bits per heavy atom. The highest BCUT2D eigenvalue weighted by Crippen LogP contribution is 2.65. The van der Waals surface area contributed by atoms with Crippen LogP contribution in [0.5, 0.6) is 17.2 Å². The Balaban J connectivity index is 1.21. The van der Waals surface area contributed by atoms with E-state index in [0.717, 1.165) is 48.7 Å². The highest BCUT2D eigenvalue weighted by molar-refractivity contribution is 5.79. The van der Waals surface area contributed by atoms with E-state index in [4.69, 9.17) is 9.47 Å².